The van der Waals surface area contributed by atoms with E-state index in [1.54, 1.807) is 42.5 Å². The van der Waals surface area contributed by atoms with Crippen LogP contribution in [0, 0.1) is 0 Å². The van der Waals surface area contributed by atoms with E-state index < -0.39 is 12.0 Å². The van der Waals surface area contributed by atoms with E-state index in [4.69, 9.17) is 0 Å². The monoisotopic (exact) mass is 282 g/mol. The summed E-state index contributed by atoms with van der Waals surface area (Å²) in [6.07, 6.45) is -0.917. The summed E-state index contributed by atoms with van der Waals surface area (Å²) in [4.78, 5) is 23.3. The summed E-state index contributed by atoms with van der Waals surface area (Å²) in [7, 11) is 0. The molecular formula is C16H14N2O3. The van der Waals surface area contributed by atoms with Crippen molar-refractivity contribution in [3.05, 3.63) is 59.7 Å². The molecule has 1 aliphatic heterocycles. The second-order valence-electron chi connectivity index (χ2n) is 4.90. The normalized spacial score (nSPS) is 14.2. The number of aliphatic hydroxyl groups is 1. The molecule has 1 unspecified atom stereocenters. The molecule has 0 fully saturated rings. The van der Waals surface area contributed by atoms with Crippen LogP contribution >= 0.6 is 0 Å². The highest BCUT2D eigenvalue weighted by Gasteiger charge is 2.20. The molecule has 2 aromatic carbocycles. The van der Waals surface area contributed by atoms with E-state index in [1.807, 2.05) is 6.07 Å². The van der Waals surface area contributed by atoms with Crippen LogP contribution in [0.25, 0.3) is 0 Å². The molecule has 106 valence electrons. The van der Waals surface area contributed by atoms with E-state index in [0.29, 0.717) is 17.7 Å². The van der Waals surface area contributed by atoms with E-state index >= 15 is 0 Å². The van der Waals surface area contributed by atoms with Crippen molar-refractivity contribution in [3.63, 3.8) is 0 Å². The van der Waals surface area contributed by atoms with Gasteiger partial charge in [0.15, 0.2) is 6.10 Å². The molecule has 1 aliphatic rings. The van der Waals surface area contributed by atoms with Crippen molar-refractivity contribution in [2.75, 3.05) is 10.6 Å². The topological polar surface area (TPSA) is 78.4 Å². The van der Waals surface area contributed by atoms with Gasteiger partial charge in [0.2, 0.25) is 5.91 Å². The van der Waals surface area contributed by atoms with E-state index in [0.717, 1.165) is 11.3 Å². The third-order valence-corrected chi connectivity index (χ3v) is 3.36. The van der Waals surface area contributed by atoms with Crippen LogP contribution in [0.5, 0.6) is 0 Å². The van der Waals surface area contributed by atoms with Crippen LogP contribution in [-0.2, 0) is 16.0 Å². The van der Waals surface area contributed by atoms with E-state index in [2.05, 4.69) is 10.6 Å². The molecule has 1 atom stereocenters. The van der Waals surface area contributed by atoms with Gasteiger partial charge in [0.25, 0.3) is 5.91 Å². The van der Waals surface area contributed by atoms with Gasteiger partial charge < -0.3 is 15.7 Å². The van der Waals surface area contributed by atoms with Crippen molar-refractivity contribution in [2.45, 2.75) is 12.5 Å². The molecule has 1 heterocycles. The average Bonchev–Trinajstić information content (AvgIpc) is 2.86. The Morgan fingerprint density at radius 3 is 2.71 bits per heavy atom. The lowest BCUT2D eigenvalue weighted by molar-refractivity contribution is -0.124. The van der Waals surface area contributed by atoms with Crippen molar-refractivity contribution >= 4 is 23.2 Å². The van der Waals surface area contributed by atoms with Gasteiger partial charge in [-0.3, -0.25) is 9.59 Å². The molecule has 5 nitrogen and oxygen atoms in total. The minimum Gasteiger partial charge on any atom is -0.378 e. The van der Waals surface area contributed by atoms with Crippen LogP contribution in [0.4, 0.5) is 11.4 Å². The first-order valence-electron chi connectivity index (χ1n) is 6.60. The molecule has 2 amide bonds. The first-order valence-corrected chi connectivity index (χ1v) is 6.60. The zero-order valence-electron chi connectivity index (χ0n) is 11.2. The van der Waals surface area contributed by atoms with E-state index in [-0.39, 0.29) is 5.91 Å². The van der Waals surface area contributed by atoms with E-state index in [9.17, 15) is 14.7 Å². The number of nitrogens with one attached hydrogen (secondary N) is 2. The quantitative estimate of drug-likeness (QED) is 0.804. The highest BCUT2D eigenvalue weighted by molar-refractivity contribution is 6.00. The lowest BCUT2D eigenvalue weighted by Crippen LogP contribution is -2.20. The number of anilines is 2. The minimum atomic E-state index is -1.22. The van der Waals surface area contributed by atoms with Gasteiger partial charge >= 0.3 is 0 Å². The molecule has 0 saturated carbocycles. The summed E-state index contributed by atoms with van der Waals surface area (Å²) in [5.41, 5.74) is 2.70. The van der Waals surface area contributed by atoms with Gasteiger partial charge in [-0.05, 0) is 29.3 Å². The Labute approximate surface area is 121 Å². The first kappa shape index (κ1) is 13.3. The largest absolute Gasteiger partial charge is 0.378 e. The smallest absolute Gasteiger partial charge is 0.257 e. The number of hydrogen-bond acceptors (Lipinski definition) is 3. The third-order valence-electron chi connectivity index (χ3n) is 3.36. The summed E-state index contributed by atoms with van der Waals surface area (Å²) in [5.74, 6) is -0.559. The Bertz CT molecular complexity index is 698. The van der Waals surface area contributed by atoms with Gasteiger partial charge in [-0.25, -0.2) is 0 Å². The van der Waals surface area contributed by atoms with Gasteiger partial charge in [-0.15, -0.1) is 0 Å². The molecule has 0 radical (unpaired) electrons. The molecule has 0 spiro atoms. The van der Waals surface area contributed by atoms with Gasteiger partial charge in [-0.2, -0.15) is 0 Å². The van der Waals surface area contributed by atoms with Crippen molar-refractivity contribution in [1.82, 2.24) is 0 Å². The predicted octanol–water partition coefficient (Wildman–Crippen LogP) is 1.85. The van der Waals surface area contributed by atoms with Crippen LogP contribution in [0.15, 0.2) is 48.5 Å². The predicted molar refractivity (Wildman–Crippen MR) is 78.8 cm³/mol. The maximum atomic E-state index is 12.0. The fourth-order valence-corrected chi connectivity index (χ4v) is 2.30. The number of rotatable bonds is 3. The average molecular weight is 282 g/mol. The number of aliphatic hydroxyl groups excluding tert-OH is 1. The summed E-state index contributed by atoms with van der Waals surface area (Å²) < 4.78 is 0. The SMILES string of the molecule is O=C1Cc2cc(NC(=O)C(O)c3ccccc3)ccc2N1. The Kier molecular flexibility index (Phi) is 3.41. The van der Waals surface area contributed by atoms with Crippen LogP contribution < -0.4 is 10.6 Å². The molecule has 0 aliphatic carbocycles. The maximum absolute atomic E-state index is 12.0. The summed E-state index contributed by atoms with van der Waals surface area (Å²) in [6, 6.07) is 13.9. The molecule has 21 heavy (non-hydrogen) atoms. The zero-order valence-corrected chi connectivity index (χ0v) is 11.2. The Morgan fingerprint density at radius 2 is 1.95 bits per heavy atom. The molecule has 0 aromatic heterocycles. The van der Waals surface area contributed by atoms with Gasteiger partial charge in [0, 0.05) is 11.4 Å². The number of amides is 2. The molecular weight excluding hydrogens is 268 g/mol. The van der Waals surface area contributed by atoms with E-state index in [1.165, 1.54) is 0 Å². The van der Waals surface area contributed by atoms with Crippen LogP contribution in [0.3, 0.4) is 0 Å². The molecule has 0 saturated heterocycles. The first-order chi connectivity index (χ1) is 10.1. The lowest BCUT2D eigenvalue weighted by atomic mass is 10.1. The fourth-order valence-electron chi connectivity index (χ4n) is 2.30. The number of fused-ring (bicyclic) bond motifs is 1. The highest BCUT2D eigenvalue weighted by atomic mass is 16.3. The van der Waals surface area contributed by atoms with Gasteiger partial charge in [-0.1, -0.05) is 30.3 Å². The number of hydrogen-bond donors (Lipinski definition) is 3. The number of carbonyl (C=O) groups is 2. The van der Waals surface area contributed by atoms with Crippen molar-refractivity contribution in [1.29, 1.82) is 0 Å². The molecule has 5 heteroatoms. The molecule has 3 N–H and O–H groups in total. The maximum Gasteiger partial charge on any atom is 0.257 e. The Morgan fingerprint density at radius 1 is 1.19 bits per heavy atom. The summed E-state index contributed by atoms with van der Waals surface area (Å²) >= 11 is 0. The van der Waals surface area contributed by atoms with Crippen molar-refractivity contribution in [3.8, 4) is 0 Å². The second kappa shape index (κ2) is 5.38. The Balaban J connectivity index is 1.74. The van der Waals surface area contributed by atoms with Crippen molar-refractivity contribution < 1.29 is 14.7 Å². The van der Waals surface area contributed by atoms with Crippen LogP contribution in [0.2, 0.25) is 0 Å². The standard InChI is InChI=1S/C16H14N2O3/c19-14-9-11-8-12(6-7-13(11)18-14)17-16(21)15(20)10-4-2-1-3-5-10/h1-8,15,20H,9H2,(H,17,21)(H,18,19). The van der Waals surface area contributed by atoms with Crippen LogP contribution in [-0.4, -0.2) is 16.9 Å². The lowest BCUT2D eigenvalue weighted by Gasteiger charge is -2.12. The molecule has 0 bridgehead atoms. The van der Waals surface area contributed by atoms with Crippen molar-refractivity contribution in [2.24, 2.45) is 0 Å². The highest BCUT2D eigenvalue weighted by Crippen LogP contribution is 2.26. The summed E-state index contributed by atoms with van der Waals surface area (Å²) in [6.45, 7) is 0. The van der Waals surface area contributed by atoms with Gasteiger partial charge in [0.1, 0.15) is 0 Å². The van der Waals surface area contributed by atoms with Gasteiger partial charge in [0.05, 0.1) is 6.42 Å². The van der Waals surface area contributed by atoms with Crippen LogP contribution in [0.1, 0.15) is 17.2 Å². The third kappa shape index (κ3) is 2.78. The Hall–Kier alpha value is -2.66. The molecule has 3 rings (SSSR count). The zero-order chi connectivity index (χ0) is 14.8. The minimum absolute atomic E-state index is 0.0576. The fraction of sp³-hybridized carbons (Fsp3) is 0.125. The second-order valence-corrected chi connectivity index (χ2v) is 4.90. The molecule has 2 aromatic rings. The number of carbonyl (C=O) groups excluding carboxylic acids is 2. The number of benzene rings is 2. The summed E-state index contributed by atoms with van der Waals surface area (Å²) in [5, 5.41) is 15.4.